The summed E-state index contributed by atoms with van der Waals surface area (Å²) in [5.74, 6) is 0. The molecule has 1 atom stereocenters. The van der Waals surface area contributed by atoms with E-state index in [0.717, 1.165) is 6.04 Å². The Bertz CT molecular complexity index is 90.2. The molecule has 0 N–H and O–H groups in total. The van der Waals surface area contributed by atoms with Gasteiger partial charge in [-0.3, -0.25) is 4.39 Å². The summed E-state index contributed by atoms with van der Waals surface area (Å²) in [6, 6.07) is 1.46. The van der Waals surface area contributed by atoms with Gasteiger partial charge in [0.25, 0.3) is 0 Å². The maximum atomic E-state index is 13.3. The van der Waals surface area contributed by atoms with E-state index in [4.69, 9.17) is 0 Å². The van der Waals surface area contributed by atoms with Gasteiger partial charge in [0.1, 0.15) is 0 Å². The minimum absolute atomic E-state index is 0.314. The van der Waals surface area contributed by atoms with E-state index in [1.165, 1.54) is 0 Å². The van der Waals surface area contributed by atoms with Crippen LogP contribution in [0.3, 0.4) is 0 Å². The first kappa shape index (κ1) is 10.3. The molecule has 10 heavy (non-hydrogen) atoms. The zero-order valence-corrected chi connectivity index (χ0v) is 9.11. The summed E-state index contributed by atoms with van der Waals surface area (Å²) in [6.45, 7) is 5.10. The van der Waals surface area contributed by atoms with E-state index < -0.39 is 16.2 Å². The zero-order valence-electron chi connectivity index (χ0n) is 6.95. The quantitative estimate of drug-likeness (QED) is 0.463. The van der Waals surface area contributed by atoms with Crippen molar-refractivity contribution in [2.75, 3.05) is 6.67 Å². The molecule has 4 heteroatoms. The third-order valence-electron chi connectivity index (χ3n) is 1.92. The van der Waals surface area contributed by atoms with E-state index >= 15 is 0 Å². The van der Waals surface area contributed by atoms with Crippen LogP contribution < -0.4 is 0 Å². The Morgan fingerprint density at radius 1 is 1.40 bits per heavy atom. The standard InChI is InChI=1S/C6H16F2Si2/c1-4-9(6-5-7)10(2,3)8/h9H,4-6H2,1-3H3. The van der Waals surface area contributed by atoms with E-state index in [-0.39, 0.29) is 6.67 Å². The summed E-state index contributed by atoms with van der Waals surface area (Å²) in [5, 5.41) is 0. The van der Waals surface area contributed by atoms with Crippen molar-refractivity contribution in [3.8, 4) is 0 Å². The van der Waals surface area contributed by atoms with Gasteiger partial charge in [0.2, 0.25) is 7.93 Å². The number of hydrogen-bond acceptors (Lipinski definition) is 0. The van der Waals surface area contributed by atoms with Gasteiger partial charge in [-0.2, -0.15) is 0 Å². The Morgan fingerprint density at radius 3 is 2.00 bits per heavy atom. The summed E-state index contributed by atoms with van der Waals surface area (Å²) in [6.07, 6.45) is 0. The molecule has 0 amide bonds. The number of rotatable bonds is 4. The second-order valence-electron chi connectivity index (χ2n) is 3.15. The minimum Gasteiger partial charge on any atom is -0.319 e. The normalized spacial score (nSPS) is 15.3. The predicted molar refractivity (Wildman–Crippen MR) is 47.0 cm³/mol. The van der Waals surface area contributed by atoms with Crippen molar-refractivity contribution < 1.29 is 8.50 Å². The van der Waals surface area contributed by atoms with Gasteiger partial charge >= 0.3 is 0 Å². The van der Waals surface area contributed by atoms with Crippen LogP contribution in [0, 0.1) is 0 Å². The van der Waals surface area contributed by atoms with Gasteiger partial charge in [-0.1, -0.05) is 13.0 Å². The SMILES string of the molecule is CC[SiH](CCF)[Si](C)(C)F. The zero-order chi connectivity index (χ0) is 8.20. The molecule has 0 bridgehead atoms. The van der Waals surface area contributed by atoms with Crippen LogP contribution in [0.15, 0.2) is 0 Å². The molecule has 0 saturated heterocycles. The van der Waals surface area contributed by atoms with Gasteiger partial charge in [-0.25, -0.2) is 0 Å². The molecule has 0 aromatic heterocycles. The van der Waals surface area contributed by atoms with Crippen LogP contribution in [0.2, 0.25) is 25.2 Å². The highest BCUT2D eigenvalue weighted by atomic mass is 29.3. The summed E-state index contributed by atoms with van der Waals surface area (Å²) in [4.78, 5) is 0. The van der Waals surface area contributed by atoms with Crippen molar-refractivity contribution >= 4 is 16.2 Å². The molecule has 0 spiro atoms. The molecular formula is C6H16F2Si2. The Kier molecular flexibility index (Phi) is 4.35. The van der Waals surface area contributed by atoms with Crippen molar-refractivity contribution in [3.05, 3.63) is 0 Å². The average Bonchev–Trinajstić information content (AvgIpc) is 1.80. The first-order chi connectivity index (χ1) is 4.52. The lowest BCUT2D eigenvalue weighted by Gasteiger charge is -2.20. The van der Waals surface area contributed by atoms with Crippen LogP contribution in [-0.2, 0) is 0 Å². The molecule has 0 aliphatic rings. The van der Waals surface area contributed by atoms with Crippen molar-refractivity contribution in [1.29, 1.82) is 0 Å². The Hall–Kier alpha value is 0.294. The number of halogens is 2. The fraction of sp³-hybridized carbons (Fsp3) is 1.00. The highest BCUT2D eigenvalue weighted by Crippen LogP contribution is 2.15. The fourth-order valence-electron chi connectivity index (χ4n) is 1.16. The van der Waals surface area contributed by atoms with Crippen molar-refractivity contribution in [1.82, 2.24) is 0 Å². The fourth-order valence-corrected chi connectivity index (χ4v) is 8.79. The van der Waals surface area contributed by atoms with Crippen molar-refractivity contribution in [2.24, 2.45) is 0 Å². The van der Waals surface area contributed by atoms with E-state index in [0.29, 0.717) is 6.04 Å². The second kappa shape index (κ2) is 4.23. The molecule has 0 aromatic rings. The van der Waals surface area contributed by atoms with Crippen LogP contribution in [0.4, 0.5) is 8.50 Å². The lowest BCUT2D eigenvalue weighted by atomic mass is 10.9. The smallest absolute Gasteiger partial charge is 0.224 e. The third kappa shape index (κ3) is 3.46. The van der Waals surface area contributed by atoms with E-state index in [1.807, 2.05) is 6.92 Å². The summed E-state index contributed by atoms with van der Waals surface area (Å²) in [5.41, 5.74) is 0. The van der Waals surface area contributed by atoms with Crippen LogP contribution in [0.25, 0.3) is 0 Å². The van der Waals surface area contributed by atoms with Crippen LogP contribution in [-0.4, -0.2) is 22.9 Å². The molecule has 0 nitrogen and oxygen atoms in total. The van der Waals surface area contributed by atoms with Gasteiger partial charge in [0.05, 0.1) is 15.0 Å². The Morgan fingerprint density at radius 2 is 1.90 bits per heavy atom. The summed E-state index contributed by atoms with van der Waals surface area (Å²) in [7, 11) is -3.71. The minimum atomic E-state index is -2.41. The number of hydrogen-bond donors (Lipinski definition) is 0. The molecule has 0 radical (unpaired) electrons. The molecule has 0 fully saturated rings. The molecule has 0 rings (SSSR count). The summed E-state index contributed by atoms with van der Waals surface area (Å²) < 4.78 is 25.1. The van der Waals surface area contributed by atoms with Crippen molar-refractivity contribution in [2.45, 2.75) is 32.1 Å². The highest BCUT2D eigenvalue weighted by molar-refractivity contribution is 7.29. The van der Waals surface area contributed by atoms with E-state index in [1.54, 1.807) is 13.1 Å². The predicted octanol–water partition coefficient (Wildman–Crippen LogP) is 2.46. The molecular weight excluding hydrogens is 166 g/mol. The molecule has 62 valence electrons. The first-order valence-corrected chi connectivity index (χ1v) is 10.1. The van der Waals surface area contributed by atoms with Gasteiger partial charge < -0.3 is 4.11 Å². The van der Waals surface area contributed by atoms with Gasteiger partial charge in [0, 0.05) is 0 Å². The van der Waals surface area contributed by atoms with E-state index in [2.05, 4.69) is 0 Å². The van der Waals surface area contributed by atoms with Gasteiger partial charge in [0.15, 0.2) is 0 Å². The topological polar surface area (TPSA) is 0 Å². The highest BCUT2D eigenvalue weighted by Gasteiger charge is 2.31. The lowest BCUT2D eigenvalue weighted by Crippen LogP contribution is -2.41. The number of alkyl halides is 1. The van der Waals surface area contributed by atoms with Crippen LogP contribution in [0.5, 0.6) is 0 Å². The third-order valence-corrected chi connectivity index (χ3v) is 13.7. The van der Waals surface area contributed by atoms with E-state index in [9.17, 15) is 8.50 Å². The molecule has 0 heterocycles. The molecule has 0 aliphatic heterocycles. The first-order valence-electron chi connectivity index (χ1n) is 3.77. The summed E-state index contributed by atoms with van der Waals surface area (Å²) >= 11 is 0. The maximum absolute atomic E-state index is 13.3. The molecule has 0 saturated carbocycles. The van der Waals surface area contributed by atoms with Gasteiger partial charge in [-0.15, -0.1) is 0 Å². The maximum Gasteiger partial charge on any atom is 0.224 e. The largest absolute Gasteiger partial charge is 0.319 e. The van der Waals surface area contributed by atoms with Crippen LogP contribution >= 0.6 is 0 Å². The Balaban J connectivity index is 3.81. The lowest BCUT2D eigenvalue weighted by molar-refractivity contribution is 0.524. The molecule has 0 aliphatic carbocycles. The molecule has 1 unspecified atom stereocenters. The molecule has 0 aromatic carbocycles. The second-order valence-corrected chi connectivity index (χ2v) is 15.6. The van der Waals surface area contributed by atoms with Crippen LogP contribution in [0.1, 0.15) is 6.92 Å². The Labute approximate surface area is 64.2 Å². The van der Waals surface area contributed by atoms with Crippen molar-refractivity contribution in [3.63, 3.8) is 0 Å². The average molecular weight is 182 g/mol. The monoisotopic (exact) mass is 182 g/mol. The van der Waals surface area contributed by atoms with Gasteiger partial charge in [-0.05, 0) is 19.1 Å².